The van der Waals surface area contributed by atoms with Crippen molar-refractivity contribution in [1.82, 2.24) is 0 Å². The molecule has 0 saturated carbocycles. The van der Waals surface area contributed by atoms with Crippen molar-refractivity contribution in [3.63, 3.8) is 0 Å². The van der Waals surface area contributed by atoms with Gasteiger partial charge in [-0.3, -0.25) is 0 Å². The smallest absolute Gasteiger partial charge is 0.0554 e. The van der Waals surface area contributed by atoms with E-state index in [0.29, 0.717) is 17.1 Å². The van der Waals surface area contributed by atoms with E-state index >= 15 is 0 Å². The Balaban J connectivity index is 2.62. The highest BCUT2D eigenvalue weighted by Gasteiger charge is 2.03. The second kappa shape index (κ2) is 5.39. The molecule has 0 atom stereocenters. The Labute approximate surface area is 91.0 Å². The first-order valence-electron chi connectivity index (χ1n) is 5.38. The van der Waals surface area contributed by atoms with Gasteiger partial charge in [-0.25, -0.2) is 0 Å². The van der Waals surface area contributed by atoms with Gasteiger partial charge in [0.05, 0.1) is 11.4 Å². The van der Waals surface area contributed by atoms with Crippen LogP contribution in [0, 0.1) is 5.41 Å². The summed E-state index contributed by atoms with van der Waals surface area (Å²) >= 11 is 0. The molecule has 1 aromatic carbocycles. The summed E-state index contributed by atoms with van der Waals surface area (Å²) in [6, 6.07) is 5.41. The molecule has 0 spiro atoms. The largest absolute Gasteiger partial charge is 0.397 e. The quantitative estimate of drug-likeness (QED) is 0.393. The number of hydrogen-bond acceptors (Lipinski definition) is 3. The number of nitrogen functional groups attached to an aromatic ring is 2. The molecule has 0 amide bonds. The van der Waals surface area contributed by atoms with Gasteiger partial charge in [-0.2, -0.15) is 0 Å². The third-order valence-corrected chi connectivity index (χ3v) is 2.47. The minimum Gasteiger partial charge on any atom is -0.397 e. The number of unbranched alkanes of at least 4 members (excludes halogenated alkanes) is 2. The minimum absolute atomic E-state index is 0.563. The van der Waals surface area contributed by atoms with Crippen LogP contribution in [0.4, 0.5) is 11.4 Å². The van der Waals surface area contributed by atoms with E-state index in [9.17, 15) is 0 Å². The summed E-state index contributed by atoms with van der Waals surface area (Å²) < 4.78 is 0. The zero-order chi connectivity index (χ0) is 11.3. The Bertz CT molecular complexity index is 345. The van der Waals surface area contributed by atoms with Crippen LogP contribution in [-0.4, -0.2) is 5.71 Å². The van der Waals surface area contributed by atoms with Gasteiger partial charge in [0.25, 0.3) is 0 Å². The van der Waals surface area contributed by atoms with E-state index in [2.05, 4.69) is 6.92 Å². The minimum atomic E-state index is 0.563. The molecule has 3 heteroatoms. The van der Waals surface area contributed by atoms with E-state index in [1.54, 1.807) is 12.1 Å². The van der Waals surface area contributed by atoms with Crippen molar-refractivity contribution in [2.75, 3.05) is 11.5 Å². The van der Waals surface area contributed by atoms with Crippen LogP contribution < -0.4 is 11.5 Å². The predicted octanol–water partition coefficient (Wildman–Crippen LogP) is 2.80. The van der Waals surface area contributed by atoms with Gasteiger partial charge < -0.3 is 16.9 Å². The second-order valence-electron chi connectivity index (χ2n) is 3.78. The molecule has 1 rings (SSSR count). The Morgan fingerprint density at radius 1 is 1.20 bits per heavy atom. The van der Waals surface area contributed by atoms with E-state index in [0.717, 1.165) is 18.4 Å². The molecule has 1 aromatic rings. The van der Waals surface area contributed by atoms with Crippen molar-refractivity contribution in [1.29, 1.82) is 5.41 Å². The van der Waals surface area contributed by atoms with E-state index in [4.69, 9.17) is 16.9 Å². The van der Waals surface area contributed by atoms with Gasteiger partial charge in [-0.15, -0.1) is 0 Å². The topological polar surface area (TPSA) is 75.9 Å². The van der Waals surface area contributed by atoms with Gasteiger partial charge in [0, 0.05) is 5.71 Å². The lowest BCUT2D eigenvalue weighted by Crippen LogP contribution is -2.02. The van der Waals surface area contributed by atoms with E-state index in [1.807, 2.05) is 6.07 Å². The monoisotopic (exact) mass is 205 g/mol. The van der Waals surface area contributed by atoms with Crippen LogP contribution in [0.15, 0.2) is 18.2 Å². The zero-order valence-corrected chi connectivity index (χ0v) is 9.22. The fraction of sp³-hybridized carbons (Fsp3) is 0.417. The standard InChI is InChI=1S/C12H19N3/c1-2-3-4-5-10(13)9-6-7-11(14)12(15)8-9/h6-8,13H,2-5,14-15H2,1H3. The van der Waals surface area contributed by atoms with Gasteiger partial charge in [0.2, 0.25) is 0 Å². The number of nitrogens with two attached hydrogens (primary N) is 2. The molecule has 3 nitrogen and oxygen atoms in total. The summed E-state index contributed by atoms with van der Waals surface area (Å²) in [6.45, 7) is 2.16. The molecule has 82 valence electrons. The Morgan fingerprint density at radius 2 is 1.93 bits per heavy atom. The van der Waals surface area contributed by atoms with E-state index in [1.165, 1.54) is 12.8 Å². The predicted molar refractivity (Wildman–Crippen MR) is 66.2 cm³/mol. The molecule has 15 heavy (non-hydrogen) atoms. The molecule has 0 aliphatic heterocycles. The van der Waals surface area contributed by atoms with Crippen molar-refractivity contribution in [3.05, 3.63) is 23.8 Å². The molecule has 0 saturated heterocycles. The maximum absolute atomic E-state index is 7.88. The summed E-state index contributed by atoms with van der Waals surface area (Å²) in [4.78, 5) is 0. The molecular formula is C12H19N3. The summed E-state index contributed by atoms with van der Waals surface area (Å²) in [6.07, 6.45) is 4.24. The van der Waals surface area contributed by atoms with Crippen LogP contribution in [0.25, 0.3) is 0 Å². The van der Waals surface area contributed by atoms with Gasteiger partial charge in [0.1, 0.15) is 0 Å². The average molecular weight is 205 g/mol. The summed E-state index contributed by atoms with van der Waals surface area (Å²) in [5, 5.41) is 7.88. The highest BCUT2D eigenvalue weighted by atomic mass is 14.7. The van der Waals surface area contributed by atoms with Gasteiger partial charge >= 0.3 is 0 Å². The second-order valence-corrected chi connectivity index (χ2v) is 3.78. The lowest BCUT2D eigenvalue weighted by Gasteiger charge is -2.06. The van der Waals surface area contributed by atoms with E-state index < -0.39 is 0 Å². The van der Waals surface area contributed by atoms with Crippen LogP contribution in [0.2, 0.25) is 0 Å². The first kappa shape index (κ1) is 11.6. The summed E-state index contributed by atoms with van der Waals surface area (Å²) in [7, 11) is 0. The molecule has 0 fully saturated rings. The summed E-state index contributed by atoms with van der Waals surface area (Å²) in [5.74, 6) is 0. The fourth-order valence-corrected chi connectivity index (χ4v) is 1.46. The van der Waals surface area contributed by atoms with Crippen LogP contribution >= 0.6 is 0 Å². The van der Waals surface area contributed by atoms with Crippen LogP contribution in [0.3, 0.4) is 0 Å². The van der Waals surface area contributed by atoms with Crippen molar-refractivity contribution >= 4 is 17.1 Å². The highest BCUT2D eigenvalue weighted by Crippen LogP contribution is 2.17. The summed E-state index contributed by atoms with van der Waals surface area (Å²) in [5.41, 5.74) is 14.0. The van der Waals surface area contributed by atoms with Crippen molar-refractivity contribution in [2.24, 2.45) is 0 Å². The number of anilines is 2. The van der Waals surface area contributed by atoms with Crippen LogP contribution in [0.1, 0.15) is 38.2 Å². The number of nitrogens with one attached hydrogen (secondary N) is 1. The molecule has 0 aliphatic carbocycles. The van der Waals surface area contributed by atoms with Crippen molar-refractivity contribution in [3.8, 4) is 0 Å². The Morgan fingerprint density at radius 3 is 2.53 bits per heavy atom. The Hall–Kier alpha value is -1.51. The lowest BCUT2D eigenvalue weighted by molar-refractivity contribution is 0.741. The first-order valence-corrected chi connectivity index (χ1v) is 5.38. The first-order chi connectivity index (χ1) is 7.15. The average Bonchev–Trinajstić information content (AvgIpc) is 2.22. The molecule has 0 bridgehead atoms. The molecular weight excluding hydrogens is 186 g/mol. The van der Waals surface area contributed by atoms with Gasteiger partial charge in [0.15, 0.2) is 0 Å². The molecule has 0 radical (unpaired) electrons. The fourth-order valence-electron chi connectivity index (χ4n) is 1.46. The maximum atomic E-state index is 7.88. The maximum Gasteiger partial charge on any atom is 0.0554 e. The molecule has 0 unspecified atom stereocenters. The van der Waals surface area contributed by atoms with Gasteiger partial charge in [-0.1, -0.05) is 25.8 Å². The molecule has 0 aromatic heterocycles. The van der Waals surface area contributed by atoms with Crippen molar-refractivity contribution < 1.29 is 0 Å². The molecule has 5 N–H and O–H groups in total. The number of hydrogen-bond donors (Lipinski definition) is 3. The molecule has 0 heterocycles. The third kappa shape index (κ3) is 3.27. The van der Waals surface area contributed by atoms with Crippen LogP contribution in [0.5, 0.6) is 0 Å². The highest BCUT2D eigenvalue weighted by molar-refractivity contribution is 5.99. The van der Waals surface area contributed by atoms with E-state index in [-0.39, 0.29) is 0 Å². The Kier molecular flexibility index (Phi) is 4.16. The number of benzene rings is 1. The normalized spacial score (nSPS) is 10.2. The van der Waals surface area contributed by atoms with Crippen LogP contribution in [-0.2, 0) is 0 Å². The van der Waals surface area contributed by atoms with Crippen molar-refractivity contribution in [2.45, 2.75) is 32.6 Å². The lowest BCUT2D eigenvalue weighted by atomic mass is 10.0. The van der Waals surface area contributed by atoms with Gasteiger partial charge in [-0.05, 0) is 30.5 Å². The molecule has 0 aliphatic rings. The number of rotatable bonds is 5. The third-order valence-electron chi connectivity index (χ3n) is 2.47. The SMILES string of the molecule is CCCCCC(=N)c1ccc(N)c(N)c1. The zero-order valence-electron chi connectivity index (χ0n) is 9.22.